The van der Waals surface area contributed by atoms with E-state index in [-0.39, 0.29) is 0 Å². The molecule has 0 saturated carbocycles. The second kappa shape index (κ2) is 7.05. The lowest BCUT2D eigenvalue weighted by Crippen LogP contribution is -2.20. The highest BCUT2D eigenvalue weighted by Crippen LogP contribution is 2.25. The van der Waals surface area contributed by atoms with Gasteiger partial charge in [-0.25, -0.2) is 0 Å². The molecule has 1 heterocycles. The number of hydrogen-bond donors (Lipinski definition) is 1. The van der Waals surface area contributed by atoms with Crippen molar-refractivity contribution in [3.8, 4) is 5.75 Å². The van der Waals surface area contributed by atoms with E-state index in [0.717, 1.165) is 43.5 Å². The molecule has 0 bridgehead atoms. The third-order valence-electron chi connectivity index (χ3n) is 3.47. The topological polar surface area (TPSA) is 21.3 Å². The molecule has 2 nitrogen and oxygen atoms in total. The Hall–Kier alpha value is -0.670. The van der Waals surface area contributed by atoms with Crippen molar-refractivity contribution < 1.29 is 4.74 Å². The van der Waals surface area contributed by atoms with Gasteiger partial charge in [-0.3, -0.25) is 0 Å². The lowest BCUT2D eigenvalue weighted by atomic mass is 10.1. The van der Waals surface area contributed by atoms with Crippen LogP contribution < -0.4 is 10.1 Å². The molecule has 1 aliphatic heterocycles. The fraction of sp³-hybridized carbons (Fsp3) is 0.600. The summed E-state index contributed by atoms with van der Waals surface area (Å²) in [7, 11) is 0. The van der Waals surface area contributed by atoms with Crippen molar-refractivity contribution >= 4 is 11.8 Å². The van der Waals surface area contributed by atoms with Crippen LogP contribution >= 0.6 is 11.8 Å². The maximum absolute atomic E-state index is 5.52. The van der Waals surface area contributed by atoms with Crippen molar-refractivity contribution in [2.24, 2.45) is 0 Å². The number of hydrogen-bond acceptors (Lipinski definition) is 3. The van der Waals surface area contributed by atoms with Crippen molar-refractivity contribution in [2.45, 2.75) is 31.4 Å². The monoisotopic (exact) mass is 265 g/mol. The van der Waals surface area contributed by atoms with Gasteiger partial charge in [-0.1, -0.05) is 19.1 Å². The average Bonchev–Trinajstić information content (AvgIpc) is 2.85. The first-order valence-electron chi connectivity index (χ1n) is 6.77. The summed E-state index contributed by atoms with van der Waals surface area (Å²) in [6.07, 6.45) is 5.61. The van der Waals surface area contributed by atoms with Crippen LogP contribution in [0.1, 0.15) is 24.5 Å². The van der Waals surface area contributed by atoms with Gasteiger partial charge in [0.1, 0.15) is 5.75 Å². The van der Waals surface area contributed by atoms with Crippen LogP contribution in [0.15, 0.2) is 18.2 Å². The number of ether oxygens (including phenoxy) is 1. The van der Waals surface area contributed by atoms with Gasteiger partial charge in [0, 0.05) is 11.7 Å². The molecule has 0 radical (unpaired) electrons. The number of benzene rings is 1. The first-order valence-corrected chi connectivity index (χ1v) is 8.06. The standard InChI is InChI=1S/C15H23NOS/c1-12(18-2)5-8-16-9-6-13-3-4-15-14(11-13)7-10-17-15/h3-4,11-12,16H,5-10H2,1-2H3. The van der Waals surface area contributed by atoms with E-state index in [4.69, 9.17) is 4.74 Å². The van der Waals surface area contributed by atoms with E-state index in [1.807, 2.05) is 11.8 Å². The average molecular weight is 265 g/mol. The number of fused-ring (bicyclic) bond motifs is 1. The van der Waals surface area contributed by atoms with Crippen LogP contribution in [0, 0.1) is 0 Å². The van der Waals surface area contributed by atoms with Crippen molar-refractivity contribution in [2.75, 3.05) is 26.0 Å². The number of thioether (sulfide) groups is 1. The van der Waals surface area contributed by atoms with E-state index in [1.54, 1.807) is 0 Å². The highest BCUT2D eigenvalue weighted by atomic mass is 32.2. The molecule has 0 aromatic heterocycles. The number of nitrogens with one attached hydrogen (secondary N) is 1. The van der Waals surface area contributed by atoms with E-state index < -0.39 is 0 Å². The Balaban J connectivity index is 1.68. The molecule has 1 aliphatic rings. The van der Waals surface area contributed by atoms with Crippen LogP contribution in [0.4, 0.5) is 0 Å². The summed E-state index contributed by atoms with van der Waals surface area (Å²) in [5, 5.41) is 4.28. The van der Waals surface area contributed by atoms with Gasteiger partial charge in [-0.2, -0.15) is 11.8 Å². The van der Waals surface area contributed by atoms with Crippen LogP contribution in [0.25, 0.3) is 0 Å². The number of rotatable bonds is 7. The molecular weight excluding hydrogens is 242 g/mol. The van der Waals surface area contributed by atoms with Gasteiger partial charge in [-0.05, 0) is 49.4 Å². The highest BCUT2D eigenvalue weighted by molar-refractivity contribution is 7.99. The van der Waals surface area contributed by atoms with Crippen molar-refractivity contribution in [3.63, 3.8) is 0 Å². The zero-order valence-electron chi connectivity index (χ0n) is 11.4. The molecule has 3 heteroatoms. The first kappa shape index (κ1) is 13.8. The summed E-state index contributed by atoms with van der Waals surface area (Å²) in [5.74, 6) is 1.08. The predicted octanol–water partition coefficient (Wildman–Crippen LogP) is 2.90. The summed E-state index contributed by atoms with van der Waals surface area (Å²) < 4.78 is 5.52. The lowest BCUT2D eigenvalue weighted by molar-refractivity contribution is 0.357. The quantitative estimate of drug-likeness (QED) is 0.766. The Morgan fingerprint density at radius 3 is 3.11 bits per heavy atom. The molecule has 0 spiro atoms. The molecular formula is C15H23NOS. The van der Waals surface area contributed by atoms with Crippen molar-refractivity contribution in [1.29, 1.82) is 0 Å². The van der Waals surface area contributed by atoms with Crippen LogP contribution in [-0.4, -0.2) is 31.2 Å². The molecule has 0 saturated heterocycles. The van der Waals surface area contributed by atoms with Crippen molar-refractivity contribution in [3.05, 3.63) is 29.3 Å². The predicted molar refractivity (Wildman–Crippen MR) is 79.8 cm³/mol. The van der Waals surface area contributed by atoms with Crippen LogP contribution in [0.5, 0.6) is 5.75 Å². The highest BCUT2D eigenvalue weighted by Gasteiger charge is 2.11. The molecule has 2 rings (SSSR count). The van der Waals surface area contributed by atoms with E-state index in [0.29, 0.717) is 0 Å². The molecule has 0 fully saturated rings. The first-order chi connectivity index (χ1) is 8.79. The maximum Gasteiger partial charge on any atom is 0.122 e. The second-order valence-electron chi connectivity index (χ2n) is 4.88. The minimum absolute atomic E-state index is 0.759. The summed E-state index contributed by atoms with van der Waals surface area (Å²) in [5.41, 5.74) is 2.80. The minimum Gasteiger partial charge on any atom is -0.493 e. The van der Waals surface area contributed by atoms with Crippen LogP contribution in [-0.2, 0) is 12.8 Å². The Morgan fingerprint density at radius 1 is 1.39 bits per heavy atom. The normalized spacial score (nSPS) is 15.2. The van der Waals surface area contributed by atoms with Crippen LogP contribution in [0.3, 0.4) is 0 Å². The van der Waals surface area contributed by atoms with Gasteiger partial charge < -0.3 is 10.1 Å². The van der Waals surface area contributed by atoms with E-state index in [1.165, 1.54) is 17.5 Å². The Bertz CT molecular complexity index is 381. The summed E-state index contributed by atoms with van der Waals surface area (Å²) in [6.45, 7) is 5.33. The molecule has 18 heavy (non-hydrogen) atoms. The van der Waals surface area contributed by atoms with Crippen LogP contribution in [0.2, 0.25) is 0 Å². The van der Waals surface area contributed by atoms with Gasteiger partial charge in [0.25, 0.3) is 0 Å². The van der Waals surface area contributed by atoms with E-state index in [9.17, 15) is 0 Å². The Morgan fingerprint density at radius 2 is 2.28 bits per heavy atom. The molecule has 1 aromatic rings. The van der Waals surface area contributed by atoms with Gasteiger partial charge >= 0.3 is 0 Å². The minimum atomic E-state index is 0.759. The van der Waals surface area contributed by atoms with E-state index >= 15 is 0 Å². The van der Waals surface area contributed by atoms with E-state index in [2.05, 4.69) is 36.7 Å². The third-order valence-corrected chi connectivity index (χ3v) is 4.51. The lowest BCUT2D eigenvalue weighted by Gasteiger charge is -2.09. The smallest absolute Gasteiger partial charge is 0.122 e. The van der Waals surface area contributed by atoms with Gasteiger partial charge in [0.05, 0.1) is 6.61 Å². The fourth-order valence-corrected chi connectivity index (χ4v) is 2.53. The third kappa shape index (κ3) is 3.92. The second-order valence-corrected chi connectivity index (χ2v) is 6.15. The molecule has 1 unspecified atom stereocenters. The fourth-order valence-electron chi connectivity index (χ4n) is 2.18. The molecule has 0 amide bonds. The molecule has 1 N–H and O–H groups in total. The summed E-state index contributed by atoms with van der Waals surface area (Å²) in [6, 6.07) is 6.61. The van der Waals surface area contributed by atoms with Gasteiger partial charge in [-0.15, -0.1) is 0 Å². The SMILES string of the molecule is CSC(C)CCNCCc1ccc2c(c1)CCO2. The molecule has 0 aliphatic carbocycles. The maximum atomic E-state index is 5.52. The van der Waals surface area contributed by atoms with Gasteiger partial charge in [0.2, 0.25) is 0 Å². The Kier molecular flexibility index (Phi) is 5.39. The molecule has 1 aromatic carbocycles. The summed E-state index contributed by atoms with van der Waals surface area (Å²) >= 11 is 1.94. The van der Waals surface area contributed by atoms with Crippen molar-refractivity contribution in [1.82, 2.24) is 5.32 Å². The molecule has 100 valence electrons. The summed E-state index contributed by atoms with van der Waals surface area (Å²) in [4.78, 5) is 0. The largest absolute Gasteiger partial charge is 0.493 e. The zero-order chi connectivity index (χ0) is 12.8. The molecule has 1 atom stereocenters. The zero-order valence-corrected chi connectivity index (χ0v) is 12.2. The van der Waals surface area contributed by atoms with Gasteiger partial charge in [0.15, 0.2) is 0 Å². The Labute approximate surface area is 114 Å².